The zero-order valence-electron chi connectivity index (χ0n) is 12.6. The Morgan fingerprint density at radius 1 is 1.22 bits per heavy atom. The van der Waals surface area contributed by atoms with E-state index < -0.39 is 0 Å². The number of aryl methyl sites for hydroxylation is 1. The van der Waals surface area contributed by atoms with Gasteiger partial charge in [-0.3, -0.25) is 4.79 Å². The molecule has 1 unspecified atom stereocenters. The van der Waals surface area contributed by atoms with Crippen LogP contribution in [0.2, 0.25) is 0 Å². The van der Waals surface area contributed by atoms with Gasteiger partial charge < -0.3 is 13.8 Å². The summed E-state index contributed by atoms with van der Waals surface area (Å²) in [6.45, 7) is 2.58. The maximum absolute atomic E-state index is 12.3. The van der Waals surface area contributed by atoms with Gasteiger partial charge in [0.1, 0.15) is 0 Å². The molecule has 0 radical (unpaired) electrons. The zero-order valence-corrected chi connectivity index (χ0v) is 12.6. The van der Waals surface area contributed by atoms with Gasteiger partial charge in [-0.1, -0.05) is 22.9 Å². The van der Waals surface area contributed by atoms with E-state index in [1.54, 1.807) is 23.3 Å². The fraction of sp³-hybridized carbons (Fsp3) is 0.235. The maximum atomic E-state index is 12.3. The first-order valence-corrected chi connectivity index (χ1v) is 7.45. The normalized spacial score (nSPS) is 17.9. The highest BCUT2D eigenvalue weighted by molar-refractivity contribution is 5.96. The number of benzene rings is 1. The highest BCUT2D eigenvalue weighted by Gasteiger charge is 2.34. The molecule has 0 spiro atoms. The highest BCUT2D eigenvalue weighted by atomic mass is 16.5. The molecule has 6 heteroatoms. The van der Waals surface area contributed by atoms with Gasteiger partial charge in [-0.25, -0.2) is 0 Å². The van der Waals surface area contributed by atoms with Crippen LogP contribution in [0.25, 0.3) is 11.7 Å². The monoisotopic (exact) mass is 309 g/mol. The molecule has 3 heterocycles. The molecule has 4 rings (SSSR count). The van der Waals surface area contributed by atoms with Crippen molar-refractivity contribution in [3.05, 3.63) is 54.0 Å². The van der Waals surface area contributed by atoms with Crippen molar-refractivity contribution >= 4 is 11.6 Å². The van der Waals surface area contributed by atoms with Gasteiger partial charge in [0, 0.05) is 24.6 Å². The van der Waals surface area contributed by atoms with Crippen LogP contribution in [0.4, 0.5) is 5.69 Å². The van der Waals surface area contributed by atoms with Gasteiger partial charge in [0.2, 0.25) is 5.91 Å². The van der Waals surface area contributed by atoms with Crippen molar-refractivity contribution < 1.29 is 13.7 Å². The van der Waals surface area contributed by atoms with Crippen LogP contribution in [0.15, 0.2) is 51.6 Å². The van der Waals surface area contributed by atoms with Crippen molar-refractivity contribution in [1.29, 1.82) is 0 Å². The molecular formula is C17H15N3O3. The van der Waals surface area contributed by atoms with Crippen LogP contribution < -0.4 is 4.90 Å². The van der Waals surface area contributed by atoms with Crippen LogP contribution in [0.3, 0.4) is 0 Å². The number of hydrogen-bond acceptors (Lipinski definition) is 5. The lowest BCUT2D eigenvalue weighted by atomic mass is 10.1. The van der Waals surface area contributed by atoms with Crippen LogP contribution in [0, 0.1) is 6.92 Å². The van der Waals surface area contributed by atoms with Crippen LogP contribution in [-0.2, 0) is 4.79 Å². The number of carbonyl (C=O) groups is 1. The molecule has 0 bridgehead atoms. The summed E-state index contributed by atoms with van der Waals surface area (Å²) in [6.07, 6.45) is 1.93. The third-order valence-electron chi connectivity index (χ3n) is 4.01. The minimum atomic E-state index is -0.0729. The number of nitrogens with zero attached hydrogens (tertiary/aromatic N) is 3. The molecule has 1 amide bonds. The van der Waals surface area contributed by atoms with Crippen molar-refractivity contribution in [3.8, 4) is 11.7 Å². The van der Waals surface area contributed by atoms with E-state index >= 15 is 0 Å². The number of furan rings is 1. The molecule has 0 aliphatic carbocycles. The maximum Gasteiger partial charge on any atom is 0.293 e. The van der Waals surface area contributed by atoms with Crippen molar-refractivity contribution in [2.45, 2.75) is 19.3 Å². The van der Waals surface area contributed by atoms with E-state index in [1.807, 2.05) is 31.2 Å². The molecule has 3 aromatic rings. The fourth-order valence-electron chi connectivity index (χ4n) is 2.76. The SMILES string of the molecule is Cc1ccc(N2CC(c3noc(-c4ccco4)n3)CC2=O)cc1. The van der Waals surface area contributed by atoms with Crippen LogP contribution in [-0.4, -0.2) is 22.6 Å². The van der Waals surface area contributed by atoms with Crippen LogP contribution in [0.1, 0.15) is 23.7 Å². The lowest BCUT2D eigenvalue weighted by molar-refractivity contribution is -0.117. The minimum absolute atomic E-state index is 0.0724. The van der Waals surface area contributed by atoms with E-state index in [-0.39, 0.29) is 11.8 Å². The summed E-state index contributed by atoms with van der Waals surface area (Å²) >= 11 is 0. The average molecular weight is 309 g/mol. The van der Waals surface area contributed by atoms with E-state index in [0.717, 1.165) is 5.69 Å². The standard InChI is InChI=1S/C17H15N3O3/c1-11-4-6-13(7-5-11)20-10-12(9-15(20)21)16-18-17(23-19-16)14-3-2-8-22-14/h2-8,12H,9-10H2,1H3. The summed E-state index contributed by atoms with van der Waals surface area (Å²) in [4.78, 5) is 18.4. The van der Waals surface area contributed by atoms with Gasteiger partial charge >= 0.3 is 0 Å². The number of anilines is 1. The first kappa shape index (κ1) is 13.8. The number of aromatic nitrogens is 2. The van der Waals surface area contributed by atoms with E-state index in [1.165, 1.54) is 5.56 Å². The first-order chi connectivity index (χ1) is 11.2. The molecule has 1 atom stereocenters. The summed E-state index contributed by atoms with van der Waals surface area (Å²) in [5.74, 6) is 1.41. The quantitative estimate of drug-likeness (QED) is 0.743. The number of rotatable bonds is 3. The van der Waals surface area contributed by atoms with Gasteiger partial charge in [0.15, 0.2) is 11.6 Å². The van der Waals surface area contributed by atoms with Gasteiger partial charge in [0.05, 0.1) is 6.26 Å². The second kappa shape index (κ2) is 5.39. The summed E-state index contributed by atoms with van der Waals surface area (Å²) in [7, 11) is 0. The molecule has 6 nitrogen and oxygen atoms in total. The van der Waals surface area contributed by atoms with Gasteiger partial charge in [-0.15, -0.1) is 0 Å². The van der Waals surface area contributed by atoms with Gasteiger partial charge in [-0.2, -0.15) is 4.98 Å². The summed E-state index contributed by atoms with van der Waals surface area (Å²) in [6, 6.07) is 11.4. The molecule has 0 N–H and O–H groups in total. The Kier molecular flexibility index (Phi) is 3.22. The van der Waals surface area contributed by atoms with Crippen molar-refractivity contribution in [1.82, 2.24) is 10.1 Å². The molecule has 116 valence electrons. The highest BCUT2D eigenvalue weighted by Crippen LogP contribution is 2.31. The van der Waals surface area contributed by atoms with Gasteiger partial charge in [0.25, 0.3) is 5.89 Å². The molecule has 23 heavy (non-hydrogen) atoms. The fourth-order valence-corrected chi connectivity index (χ4v) is 2.76. The Morgan fingerprint density at radius 3 is 2.78 bits per heavy atom. The van der Waals surface area contributed by atoms with Gasteiger partial charge in [-0.05, 0) is 31.2 Å². The molecule has 1 fully saturated rings. The predicted molar refractivity (Wildman–Crippen MR) is 82.9 cm³/mol. The molecule has 2 aromatic heterocycles. The largest absolute Gasteiger partial charge is 0.459 e. The van der Waals surface area contributed by atoms with Crippen molar-refractivity contribution in [2.75, 3.05) is 11.4 Å². The zero-order chi connectivity index (χ0) is 15.8. The Balaban J connectivity index is 1.55. The Hall–Kier alpha value is -2.89. The van der Waals surface area contributed by atoms with Crippen LogP contribution >= 0.6 is 0 Å². The van der Waals surface area contributed by atoms with Crippen LogP contribution in [0.5, 0.6) is 0 Å². The molecule has 1 saturated heterocycles. The second-order valence-corrected chi connectivity index (χ2v) is 5.68. The summed E-state index contributed by atoms with van der Waals surface area (Å²) in [5, 5.41) is 4.01. The predicted octanol–water partition coefficient (Wildman–Crippen LogP) is 3.16. The smallest absolute Gasteiger partial charge is 0.293 e. The molecule has 1 aromatic carbocycles. The molecule has 1 aliphatic heterocycles. The summed E-state index contributed by atoms with van der Waals surface area (Å²) in [5.41, 5.74) is 2.07. The average Bonchev–Trinajstić information content (AvgIpc) is 3.27. The lowest BCUT2D eigenvalue weighted by Gasteiger charge is -2.16. The van der Waals surface area contributed by atoms with E-state index in [2.05, 4.69) is 10.1 Å². The summed E-state index contributed by atoms with van der Waals surface area (Å²) < 4.78 is 10.5. The second-order valence-electron chi connectivity index (χ2n) is 5.68. The number of hydrogen-bond donors (Lipinski definition) is 0. The number of carbonyl (C=O) groups excluding carboxylic acids is 1. The third-order valence-corrected chi connectivity index (χ3v) is 4.01. The Morgan fingerprint density at radius 2 is 2.04 bits per heavy atom. The Bertz CT molecular complexity index is 821. The molecule has 1 aliphatic rings. The minimum Gasteiger partial charge on any atom is -0.459 e. The van der Waals surface area contributed by atoms with E-state index in [9.17, 15) is 4.79 Å². The van der Waals surface area contributed by atoms with E-state index in [4.69, 9.17) is 8.94 Å². The third kappa shape index (κ3) is 2.52. The lowest BCUT2D eigenvalue weighted by Crippen LogP contribution is -2.24. The topological polar surface area (TPSA) is 72.4 Å². The van der Waals surface area contributed by atoms with E-state index in [0.29, 0.717) is 30.4 Å². The number of amides is 1. The molecule has 0 saturated carbocycles. The molecular weight excluding hydrogens is 294 g/mol. The van der Waals surface area contributed by atoms with Crippen molar-refractivity contribution in [2.24, 2.45) is 0 Å². The van der Waals surface area contributed by atoms with Crippen molar-refractivity contribution in [3.63, 3.8) is 0 Å². The Labute approximate surface area is 132 Å². The first-order valence-electron chi connectivity index (χ1n) is 7.45.